The fraction of sp³-hybridized carbons (Fsp3) is 0.800. The Bertz CT molecular complexity index is 237. The summed E-state index contributed by atoms with van der Waals surface area (Å²) in [7, 11) is 0. The first-order chi connectivity index (χ1) is 7.70. The standard InChI is InChI=1S/C10H17NO5/c12-9(13)7-15-6-4-11-10(14)8-3-1-2-5-16-8/h8H,1-7H2,(H,11,14)(H,12,13). The van der Waals surface area contributed by atoms with Gasteiger partial charge >= 0.3 is 5.97 Å². The Morgan fingerprint density at radius 3 is 2.88 bits per heavy atom. The molecule has 16 heavy (non-hydrogen) atoms. The molecule has 92 valence electrons. The normalized spacial score (nSPS) is 20.4. The van der Waals surface area contributed by atoms with E-state index >= 15 is 0 Å². The molecule has 1 fully saturated rings. The Kier molecular flexibility index (Phi) is 5.81. The van der Waals surface area contributed by atoms with E-state index in [4.69, 9.17) is 14.6 Å². The van der Waals surface area contributed by atoms with E-state index in [1.54, 1.807) is 0 Å². The van der Waals surface area contributed by atoms with Crippen molar-refractivity contribution in [2.75, 3.05) is 26.4 Å². The molecule has 2 N–H and O–H groups in total. The van der Waals surface area contributed by atoms with E-state index in [9.17, 15) is 9.59 Å². The monoisotopic (exact) mass is 231 g/mol. The Hall–Kier alpha value is -1.14. The molecule has 1 heterocycles. The molecule has 0 aromatic rings. The van der Waals surface area contributed by atoms with E-state index in [0.29, 0.717) is 13.2 Å². The van der Waals surface area contributed by atoms with E-state index in [0.717, 1.165) is 19.3 Å². The van der Waals surface area contributed by atoms with Gasteiger partial charge in [0.15, 0.2) is 0 Å². The number of carbonyl (C=O) groups excluding carboxylic acids is 1. The van der Waals surface area contributed by atoms with E-state index in [2.05, 4.69) is 5.32 Å². The smallest absolute Gasteiger partial charge is 0.329 e. The second-order valence-electron chi connectivity index (χ2n) is 3.59. The molecule has 0 radical (unpaired) electrons. The summed E-state index contributed by atoms with van der Waals surface area (Å²) in [6.07, 6.45) is 2.41. The first-order valence-corrected chi connectivity index (χ1v) is 5.39. The van der Waals surface area contributed by atoms with Crippen LogP contribution in [0.15, 0.2) is 0 Å². The number of carboxylic acids is 1. The average molecular weight is 231 g/mol. The third-order valence-corrected chi connectivity index (χ3v) is 2.24. The molecule has 6 heteroatoms. The number of carbonyl (C=O) groups is 2. The van der Waals surface area contributed by atoms with Crippen molar-refractivity contribution in [2.45, 2.75) is 25.4 Å². The largest absolute Gasteiger partial charge is 0.480 e. The lowest BCUT2D eigenvalue weighted by Crippen LogP contribution is -2.39. The Labute approximate surface area is 93.9 Å². The summed E-state index contributed by atoms with van der Waals surface area (Å²) in [5.41, 5.74) is 0. The predicted molar refractivity (Wildman–Crippen MR) is 55.1 cm³/mol. The van der Waals surface area contributed by atoms with Crippen LogP contribution in [0.3, 0.4) is 0 Å². The molecule has 1 unspecified atom stereocenters. The minimum absolute atomic E-state index is 0.140. The van der Waals surface area contributed by atoms with Gasteiger partial charge in [-0.1, -0.05) is 0 Å². The maximum atomic E-state index is 11.5. The molecule has 0 aromatic carbocycles. The van der Waals surface area contributed by atoms with Crippen LogP contribution in [-0.2, 0) is 19.1 Å². The van der Waals surface area contributed by atoms with E-state index < -0.39 is 5.97 Å². The summed E-state index contributed by atoms with van der Waals surface area (Å²) in [6.45, 7) is 0.806. The van der Waals surface area contributed by atoms with Crippen molar-refractivity contribution in [3.63, 3.8) is 0 Å². The number of ether oxygens (including phenoxy) is 2. The summed E-state index contributed by atoms with van der Waals surface area (Å²) in [4.78, 5) is 21.6. The van der Waals surface area contributed by atoms with Crippen LogP contribution < -0.4 is 5.32 Å². The second kappa shape index (κ2) is 7.19. The lowest BCUT2D eigenvalue weighted by atomic mass is 10.1. The highest BCUT2D eigenvalue weighted by molar-refractivity contribution is 5.80. The van der Waals surface area contributed by atoms with E-state index in [-0.39, 0.29) is 25.2 Å². The molecule has 0 aliphatic carbocycles. The molecule has 1 saturated heterocycles. The van der Waals surface area contributed by atoms with Crippen LogP contribution >= 0.6 is 0 Å². The van der Waals surface area contributed by atoms with Crippen molar-refractivity contribution in [3.05, 3.63) is 0 Å². The van der Waals surface area contributed by atoms with E-state index in [1.165, 1.54) is 0 Å². The van der Waals surface area contributed by atoms with Gasteiger partial charge in [-0.15, -0.1) is 0 Å². The topological polar surface area (TPSA) is 84.9 Å². The molecule has 0 aromatic heterocycles. The number of amides is 1. The van der Waals surface area contributed by atoms with Gasteiger partial charge in [0.25, 0.3) is 0 Å². The van der Waals surface area contributed by atoms with Crippen LogP contribution in [-0.4, -0.2) is 49.5 Å². The van der Waals surface area contributed by atoms with Gasteiger partial charge in [0.1, 0.15) is 12.7 Å². The minimum atomic E-state index is -1.01. The van der Waals surface area contributed by atoms with Gasteiger partial charge in [0.05, 0.1) is 6.61 Å². The summed E-state index contributed by atoms with van der Waals surface area (Å²) < 4.78 is 10.1. The van der Waals surface area contributed by atoms with Crippen LogP contribution in [0.25, 0.3) is 0 Å². The third-order valence-electron chi connectivity index (χ3n) is 2.24. The van der Waals surface area contributed by atoms with Crippen LogP contribution in [0, 0.1) is 0 Å². The maximum Gasteiger partial charge on any atom is 0.329 e. The highest BCUT2D eigenvalue weighted by Crippen LogP contribution is 2.12. The molecule has 0 bridgehead atoms. The quantitative estimate of drug-likeness (QED) is 0.617. The molecule has 1 amide bonds. The Morgan fingerprint density at radius 1 is 1.44 bits per heavy atom. The van der Waals surface area contributed by atoms with Crippen LogP contribution in [0.4, 0.5) is 0 Å². The molecular weight excluding hydrogens is 214 g/mol. The van der Waals surface area contributed by atoms with Gasteiger partial charge in [-0.25, -0.2) is 4.79 Å². The van der Waals surface area contributed by atoms with Crippen LogP contribution in [0.5, 0.6) is 0 Å². The lowest BCUT2D eigenvalue weighted by Gasteiger charge is -2.21. The molecular formula is C10H17NO5. The predicted octanol–water partition coefficient (Wildman–Crippen LogP) is -0.227. The van der Waals surface area contributed by atoms with Gasteiger partial charge < -0.3 is 19.9 Å². The van der Waals surface area contributed by atoms with Gasteiger partial charge in [0.2, 0.25) is 5.91 Å². The molecule has 0 spiro atoms. The third kappa shape index (κ3) is 5.09. The van der Waals surface area contributed by atoms with Crippen molar-refractivity contribution < 1.29 is 24.2 Å². The number of nitrogens with one attached hydrogen (secondary N) is 1. The van der Waals surface area contributed by atoms with Crippen molar-refractivity contribution >= 4 is 11.9 Å². The molecule has 0 saturated carbocycles. The number of hydrogen-bond acceptors (Lipinski definition) is 4. The second-order valence-corrected chi connectivity index (χ2v) is 3.59. The van der Waals surface area contributed by atoms with Gasteiger partial charge in [-0.3, -0.25) is 4.79 Å². The van der Waals surface area contributed by atoms with Gasteiger partial charge in [-0.05, 0) is 19.3 Å². The molecule has 6 nitrogen and oxygen atoms in total. The van der Waals surface area contributed by atoms with Crippen LogP contribution in [0.1, 0.15) is 19.3 Å². The summed E-state index contributed by atoms with van der Waals surface area (Å²) in [5.74, 6) is -1.15. The highest BCUT2D eigenvalue weighted by Gasteiger charge is 2.21. The number of hydrogen-bond donors (Lipinski definition) is 2. The van der Waals surface area contributed by atoms with Gasteiger partial charge in [0, 0.05) is 13.2 Å². The number of carboxylic acid groups (broad SMARTS) is 1. The van der Waals surface area contributed by atoms with Crippen molar-refractivity contribution in [2.24, 2.45) is 0 Å². The zero-order valence-electron chi connectivity index (χ0n) is 9.11. The summed E-state index contributed by atoms with van der Waals surface area (Å²) in [6, 6.07) is 0. The fourth-order valence-corrected chi connectivity index (χ4v) is 1.47. The van der Waals surface area contributed by atoms with Crippen molar-refractivity contribution in [3.8, 4) is 0 Å². The summed E-state index contributed by atoms with van der Waals surface area (Å²) >= 11 is 0. The lowest BCUT2D eigenvalue weighted by molar-refractivity contribution is -0.142. The molecule has 1 aliphatic rings. The maximum absolute atomic E-state index is 11.5. The van der Waals surface area contributed by atoms with Crippen molar-refractivity contribution in [1.29, 1.82) is 0 Å². The zero-order chi connectivity index (χ0) is 11.8. The Balaban J connectivity index is 2.03. The molecule has 1 atom stereocenters. The first kappa shape index (κ1) is 12.9. The SMILES string of the molecule is O=C(O)COCCNC(=O)C1CCCCO1. The molecule has 1 rings (SSSR count). The number of rotatable bonds is 6. The van der Waals surface area contributed by atoms with E-state index in [1.807, 2.05) is 0 Å². The first-order valence-electron chi connectivity index (χ1n) is 5.39. The number of aliphatic carboxylic acids is 1. The van der Waals surface area contributed by atoms with Crippen molar-refractivity contribution in [1.82, 2.24) is 5.32 Å². The average Bonchev–Trinajstić information content (AvgIpc) is 2.29. The zero-order valence-corrected chi connectivity index (χ0v) is 9.11. The van der Waals surface area contributed by atoms with Gasteiger partial charge in [-0.2, -0.15) is 0 Å². The summed E-state index contributed by atoms with van der Waals surface area (Å²) in [5, 5.41) is 10.9. The fourth-order valence-electron chi connectivity index (χ4n) is 1.47. The molecule has 1 aliphatic heterocycles. The van der Waals surface area contributed by atoms with Crippen LogP contribution in [0.2, 0.25) is 0 Å². The Morgan fingerprint density at radius 2 is 2.25 bits per heavy atom. The highest BCUT2D eigenvalue weighted by atomic mass is 16.5. The minimum Gasteiger partial charge on any atom is -0.480 e.